The van der Waals surface area contributed by atoms with Crippen LogP contribution in [0.4, 0.5) is 0 Å². The highest BCUT2D eigenvalue weighted by Crippen LogP contribution is 2.59. The lowest BCUT2D eigenvalue weighted by molar-refractivity contribution is -0.120. The maximum absolute atomic E-state index is 12.2. The molecule has 110 valence electrons. The molecular weight excluding hydrogens is 268 g/mol. The van der Waals surface area contributed by atoms with E-state index < -0.39 is 4.75 Å². The Bertz CT molecular complexity index is 513. The summed E-state index contributed by atoms with van der Waals surface area (Å²) in [5.74, 6) is -0.209. The molecule has 1 unspecified atom stereocenters. The number of hydrogen-bond acceptors (Lipinski definition) is 3. The molecule has 20 heavy (non-hydrogen) atoms. The molecule has 0 bridgehead atoms. The minimum atomic E-state index is -0.573. The number of nitrogens with two attached hydrogens (primary N) is 1. The van der Waals surface area contributed by atoms with Crippen molar-refractivity contribution in [3.8, 4) is 0 Å². The Morgan fingerprint density at radius 2 is 1.85 bits per heavy atom. The first-order valence-electron chi connectivity index (χ1n) is 7.04. The molecule has 2 rings (SSSR count). The number of benzene rings is 1. The van der Waals surface area contributed by atoms with E-state index in [1.165, 1.54) is 5.56 Å². The van der Waals surface area contributed by atoms with Gasteiger partial charge in [-0.05, 0) is 58.5 Å². The van der Waals surface area contributed by atoms with Crippen LogP contribution in [0.1, 0.15) is 37.8 Å². The Hall–Kier alpha value is -1.00. The Morgan fingerprint density at radius 3 is 2.40 bits per heavy atom. The number of amides is 1. The molecular formula is C16H24N2OS. The quantitative estimate of drug-likeness (QED) is 0.907. The largest absolute Gasteiger partial charge is 0.368 e. The number of rotatable bonds is 5. The Morgan fingerprint density at radius 1 is 1.25 bits per heavy atom. The van der Waals surface area contributed by atoms with E-state index in [1.54, 1.807) is 11.8 Å². The van der Waals surface area contributed by atoms with Gasteiger partial charge >= 0.3 is 0 Å². The number of fused-ring (bicyclic) bond motifs is 1. The van der Waals surface area contributed by atoms with Crippen LogP contribution in [-0.2, 0) is 14.3 Å². The van der Waals surface area contributed by atoms with Crippen molar-refractivity contribution in [2.45, 2.75) is 36.2 Å². The standard InChI is InChI=1S/C16H24N2OS/c1-15(2)12-8-5-6-9-13(12)16(20-15,14(17)19)10-7-11-18(3)4/h5-6,8-9H,7,10-11H2,1-4H3,(H2,17,19). The average molecular weight is 292 g/mol. The molecule has 1 atom stereocenters. The van der Waals surface area contributed by atoms with Gasteiger partial charge in [0.2, 0.25) is 5.91 Å². The molecule has 0 radical (unpaired) electrons. The molecule has 0 fully saturated rings. The fourth-order valence-electron chi connectivity index (χ4n) is 3.04. The monoisotopic (exact) mass is 292 g/mol. The van der Waals surface area contributed by atoms with Crippen LogP contribution in [0.5, 0.6) is 0 Å². The molecule has 1 heterocycles. The fourth-order valence-corrected chi connectivity index (χ4v) is 4.84. The third kappa shape index (κ3) is 2.59. The summed E-state index contributed by atoms with van der Waals surface area (Å²) in [6.45, 7) is 5.32. The lowest BCUT2D eigenvalue weighted by atomic mass is 9.86. The molecule has 0 aromatic heterocycles. The zero-order chi connectivity index (χ0) is 15.0. The van der Waals surface area contributed by atoms with Crippen molar-refractivity contribution in [3.05, 3.63) is 35.4 Å². The van der Waals surface area contributed by atoms with Crippen molar-refractivity contribution < 1.29 is 4.79 Å². The highest BCUT2D eigenvalue weighted by Gasteiger charge is 2.51. The van der Waals surface area contributed by atoms with Crippen LogP contribution < -0.4 is 5.73 Å². The van der Waals surface area contributed by atoms with Crippen LogP contribution >= 0.6 is 11.8 Å². The number of nitrogens with zero attached hydrogens (tertiary/aromatic N) is 1. The molecule has 1 aliphatic rings. The number of primary amides is 1. The Balaban J connectivity index is 2.37. The smallest absolute Gasteiger partial charge is 0.238 e. The van der Waals surface area contributed by atoms with Gasteiger partial charge in [-0.15, -0.1) is 11.8 Å². The predicted octanol–water partition coefficient (Wildman–Crippen LogP) is 2.69. The van der Waals surface area contributed by atoms with Gasteiger partial charge in [-0.2, -0.15) is 0 Å². The molecule has 3 nitrogen and oxygen atoms in total. The second-order valence-electron chi connectivity index (χ2n) is 6.26. The van der Waals surface area contributed by atoms with E-state index >= 15 is 0 Å². The molecule has 1 aromatic rings. The molecule has 2 N–H and O–H groups in total. The average Bonchev–Trinajstić information content (AvgIpc) is 2.59. The minimum absolute atomic E-state index is 0.0657. The van der Waals surface area contributed by atoms with Crippen molar-refractivity contribution in [2.24, 2.45) is 5.73 Å². The summed E-state index contributed by atoms with van der Waals surface area (Å²) in [6.07, 6.45) is 1.76. The summed E-state index contributed by atoms with van der Waals surface area (Å²) in [5.41, 5.74) is 8.17. The van der Waals surface area contributed by atoms with Gasteiger partial charge in [0.1, 0.15) is 4.75 Å². The first-order chi connectivity index (χ1) is 9.29. The van der Waals surface area contributed by atoms with Gasteiger partial charge in [-0.1, -0.05) is 24.3 Å². The van der Waals surface area contributed by atoms with Crippen LogP contribution in [0.15, 0.2) is 24.3 Å². The SMILES string of the molecule is CN(C)CCCC1(C(N)=O)SC(C)(C)c2ccccc21. The summed E-state index contributed by atoms with van der Waals surface area (Å²) in [4.78, 5) is 14.4. The first kappa shape index (κ1) is 15.4. The van der Waals surface area contributed by atoms with Gasteiger partial charge in [0, 0.05) is 4.75 Å². The summed E-state index contributed by atoms with van der Waals surface area (Å²) < 4.78 is -0.639. The van der Waals surface area contributed by atoms with Gasteiger partial charge < -0.3 is 10.6 Å². The first-order valence-corrected chi connectivity index (χ1v) is 7.86. The van der Waals surface area contributed by atoms with Crippen molar-refractivity contribution >= 4 is 17.7 Å². The lowest BCUT2D eigenvalue weighted by Gasteiger charge is -2.28. The normalized spacial score (nSPS) is 23.9. The summed E-state index contributed by atoms with van der Waals surface area (Å²) >= 11 is 1.71. The third-order valence-electron chi connectivity index (χ3n) is 3.97. The van der Waals surface area contributed by atoms with Crippen LogP contribution in [-0.4, -0.2) is 31.4 Å². The van der Waals surface area contributed by atoms with E-state index in [1.807, 2.05) is 12.1 Å². The van der Waals surface area contributed by atoms with Crippen LogP contribution in [0.3, 0.4) is 0 Å². The van der Waals surface area contributed by atoms with Gasteiger partial charge in [-0.3, -0.25) is 4.79 Å². The highest BCUT2D eigenvalue weighted by atomic mass is 32.2. The summed E-state index contributed by atoms with van der Waals surface area (Å²) in [6, 6.07) is 8.24. The second kappa shape index (κ2) is 5.41. The Kier molecular flexibility index (Phi) is 4.17. The van der Waals surface area contributed by atoms with Crippen LogP contribution in [0.2, 0.25) is 0 Å². The predicted molar refractivity (Wildman–Crippen MR) is 85.7 cm³/mol. The maximum atomic E-state index is 12.2. The molecule has 1 aliphatic heterocycles. The highest BCUT2D eigenvalue weighted by molar-refractivity contribution is 8.02. The maximum Gasteiger partial charge on any atom is 0.238 e. The minimum Gasteiger partial charge on any atom is -0.368 e. The van der Waals surface area contributed by atoms with Crippen LogP contribution in [0, 0.1) is 0 Å². The van der Waals surface area contributed by atoms with Gasteiger partial charge in [0.25, 0.3) is 0 Å². The van der Waals surface area contributed by atoms with E-state index in [0.29, 0.717) is 0 Å². The van der Waals surface area contributed by atoms with Crippen molar-refractivity contribution in [1.82, 2.24) is 4.90 Å². The van der Waals surface area contributed by atoms with E-state index in [-0.39, 0.29) is 10.7 Å². The zero-order valence-corrected chi connectivity index (χ0v) is 13.6. The number of carbonyl (C=O) groups excluding carboxylic acids is 1. The van der Waals surface area contributed by atoms with Gasteiger partial charge in [0.15, 0.2) is 0 Å². The zero-order valence-electron chi connectivity index (χ0n) is 12.8. The van der Waals surface area contributed by atoms with E-state index in [0.717, 1.165) is 24.9 Å². The molecule has 1 aromatic carbocycles. The second-order valence-corrected chi connectivity index (χ2v) is 8.18. The topological polar surface area (TPSA) is 46.3 Å². The molecule has 0 aliphatic carbocycles. The molecule has 0 saturated carbocycles. The molecule has 0 saturated heterocycles. The number of thioether (sulfide) groups is 1. The third-order valence-corrected chi connectivity index (χ3v) is 5.68. The van der Waals surface area contributed by atoms with E-state index in [2.05, 4.69) is 45.0 Å². The van der Waals surface area contributed by atoms with Gasteiger partial charge in [-0.25, -0.2) is 0 Å². The van der Waals surface area contributed by atoms with E-state index in [4.69, 9.17) is 5.73 Å². The summed E-state index contributed by atoms with van der Waals surface area (Å²) in [7, 11) is 4.10. The molecule has 1 amide bonds. The molecule has 0 spiro atoms. The summed E-state index contributed by atoms with van der Waals surface area (Å²) in [5, 5.41) is 0. The Labute approximate surface area is 125 Å². The number of hydrogen-bond donors (Lipinski definition) is 1. The van der Waals surface area contributed by atoms with E-state index in [9.17, 15) is 4.79 Å². The van der Waals surface area contributed by atoms with Crippen molar-refractivity contribution in [1.29, 1.82) is 0 Å². The van der Waals surface area contributed by atoms with Gasteiger partial charge in [0.05, 0.1) is 0 Å². The lowest BCUT2D eigenvalue weighted by Crippen LogP contribution is -2.37. The number of carbonyl (C=O) groups is 1. The fraction of sp³-hybridized carbons (Fsp3) is 0.562. The van der Waals surface area contributed by atoms with Crippen molar-refractivity contribution in [3.63, 3.8) is 0 Å². The molecule has 4 heteroatoms. The van der Waals surface area contributed by atoms with Crippen molar-refractivity contribution in [2.75, 3.05) is 20.6 Å². The van der Waals surface area contributed by atoms with Crippen LogP contribution in [0.25, 0.3) is 0 Å².